The molecule has 0 amide bonds. The van der Waals surface area contributed by atoms with E-state index < -0.39 is 5.97 Å². The highest BCUT2D eigenvalue weighted by Gasteiger charge is 2.24. The molecule has 0 bridgehead atoms. The number of carboxylic acids is 1. The van der Waals surface area contributed by atoms with E-state index in [1.54, 1.807) is 12.2 Å². The Hall–Kier alpha value is -1.36. The van der Waals surface area contributed by atoms with Crippen molar-refractivity contribution < 1.29 is 19.0 Å². The van der Waals surface area contributed by atoms with Crippen LogP contribution in [0.2, 0.25) is 0 Å². The molecule has 1 fully saturated rings. The van der Waals surface area contributed by atoms with Crippen LogP contribution in [0.25, 0.3) is 0 Å². The van der Waals surface area contributed by atoms with Gasteiger partial charge < -0.3 is 9.84 Å². The van der Waals surface area contributed by atoms with Gasteiger partial charge in [0, 0.05) is 6.54 Å². The monoisotopic (exact) mass is 269 g/mol. The SMILES string of the molecule is O=C(O)C1CCN(CCOC2=CCCC=C2F)CC1. The van der Waals surface area contributed by atoms with Crippen LogP contribution in [0.1, 0.15) is 25.7 Å². The van der Waals surface area contributed by atoms with E-state index in [9.17, 15) is 9.18 Å². The molecule has 1 aliphatic heterocycles. The number of ether oxygens (including phenoxy) is 1. The number of aliphatic carboxylic acids is 1. The number of nitrogens with zero attached hydrogens (tertiary/aromatic N) is 1. The Bertz CT molecular complexity index is 384. The number of rotatable bonds is 5. The van der Waals surface area contributed by atoms with Crippen LogP contribution in [0.4, 0.5) is 4.39 Å². The third-order valence-corrected chi connectivity index (χ3v) is 3.66. The number of halogens is 1. The average molecular weight is 269 g/mol. The van der Waals surface area contributed by atoms with Gasteiger partial charge in [0.25, 0.3) is 0 Å². The summed E-state index contributed by atoms with van der Waals surface area (Å²) >= 11 is 0. The number of likely N-dealkylation sites (tertiary alicyclic amines) is 1. The molecule has 106 valence electrons. The fourth-order valence-electron chi connectivity index (χ4n) is 2.44. The predicted octanol–water partition coefficient (Wildman–Crippen LogP) is 2.33. The molecule has 19 heavy (non-hydrogen) atoms. The predicted molar refractivity (Wildman–Crippen MR) is 69.3 cm³/mol. The minimum absolute atomic E-state index is 0.210. The Morgan fingerprint density at radius 3 is 2.68 bits per heavy atom. The summed E-state index contributed by atoms with van der Waals surface area (Å²) in [5.41, 5.74) is 0. The smallest absolute Gasteiger partial charge is 0.306 e. The Morgan fingerprint density at radius 1 is 1.37 bits per heavy atom. The van der Waals surface area contributed by atoms with Gasteiger partial charge in [0.05, 0.1) is 5.92 Å². The van der Waals surface area contributed by atoms with E-state index in [0.29, 0.717) is 25.2 Å². The van der Waals surface area contributed by atoms with Crippen LogP contribution in [0.5, 0.6) is 0 Å². The molecule has 1 saturated heterocycles. The summed E-state index contributed by atoms with van der Waals surface area (Å²) in [6.45, 7) is 2.72. The maximum atomic E-state index is 13.3. The molecule has 0 aromatic rings. The maximum Gasteiger partial charge on any atom is 0.306 e. The van der Waals surface area contributed by atoms with Crippen LogP contribution in [0.3, 0.4) is 0 Å². The normalized spacial score (nSPS) is 21.7. The van der Waals surface area contributed by atoms with Crippen LogP contribution < -0.4 is 0 Å². The van der Waals surface area contributed by atoms with Gasteiger partial charge in [0.1, 0.15) is 6.61 Å². The first-order valence-electron chi connectivity index (χ1n) is 6.81. The lowest BCUT2D eigenvalue weighted by atomic mass is 9.97. The van der Waals surface area contributed by atoms with Crippen LogP contribution in [-0.2, 0) is 9.53 Å². The van der Waals surface area contributed by atoms with E-state index in [2.05, 4.69) is 4.90 Å². The number of piperidine rings is 1. The van der Waals surface area contributed by atoms with Gasteiger partial charge in [-0.1, -0.05) is 0 Å². The number of carboxylic acid groups (broad SMARTS) is 1. The van der Waals surface area contributed by atoms with Crippen LogP contribution >= 0.6 is 0 Å². The van der Waals surface area contributed by atoms with Crippen molar-refractivity contribution in [3.63, 3.8) is 0 Å². The van der Waals surface area contributed by atoms with E-state index in [1.165, 1.54) is 0 Å². The molecular weight excluding hydrogens is 249 g/mol. The van der Waals surface area contributed by atoms with Crippen molar-refractivity contribution >= 4 is 5.97 Å². The van der Waals surface area contributed by atoms with Gasteiger partial charge in [0.15, 0.2) is 11.6 Å². The van der Waals surface area contributed by atoms with Crippen LogP contribution in [0, 0.1) is 5.92 Å². The maximum absolute atomic E-state index is 13.3. The minimum atomic E-state index is -0.699. The van der Waals surface area contributed by atoms with Crippen molar-refractivity contribution in [1.82, 2.24) is 4.90 Å². The zero-order valence-electron chi connectivity index (χ0n) is 11.0. The molecule has 2 rings (SSSR count). The summed E-state index contributed by atoms with van der Waals surface area (Å²) in [4.78, 5) is 13.0. The molecule has 4 nitrogen and oxygen atoms in total. The van der Waals surface area contributed by atoms with Crippen molar-refractivity contribution in [3.05, 3.63) is 23.7 Å². The Labute approximate surface area is 112 Å². The highest BCUT2D eigenvalue weighted by atomic mass is 19.1. The Balaban J connectivity index is 1.66. The second-order valence-corrected chi connectivity index (χ2v) is 5.00. The van der Waals surface area contributed by atoms with E-state index in [0.717, 1.165) is 32.5 Å². The lowest BCUT2D eigenvalue weighted by molar-refractivity contribution is -0.143. The first-order valence-corrected chi connectivity index (χ1v) is 6.81. The van der Waals surface area contributed by atoms with E-state index in [4.69, 9.17) is 9.84 Å². The lowest BCUT2D eigenvalue weighted by Crippen LogP contribution is -2.38. The van der Waals surface area contributed by atoms with Crippen molar-refractivity contribution in [1.29, 1.82) is 0 Å². The minimum Gasteiger partial charge on any atom is -0.490 e. The molecule has 0 aromatic carbocycles. The lowest BCUT2D eigenvalue weighted by Gasteiger charge is -2.29. The second kappa shape index (κ2) is 6.70. The van der Waals surface area contributed by atoms with E-state index in [-0.39, 0.29) is 11.7 Å². The molecular formula is C14H20FNO3. The molecule has 0 spiro atoms. The van der Waals surface area contributed by atoms with Crippen LogP contribution in [-0.4, -0.2) is 42.2 Å². The fraction of sp³-hybridized carbons (Fsp3) is 0.643. The largest absolute Gasteiger partial charge is 0.490 e. The second-order valence-electron chi connectivity index (χ2n) is 5.00. The summed E-state index contributed by atoms with van der Waals surface area (Å²) in [5, 5.41) is 8.90. The number of hydrogen-bond acceptors (Lipinski definition) is 3. The number of carbonyl (C=O) groups is 1. The molecule has 0 saturated carbocycles. The Kier molecular flexibility index (Phi) is 4.96. The average Bonchev–Trinajstić information content (AvgIpc) is 2.41. The van der Waals surface area contributed by atoms with E-state index >= 15 is 0 Å². The van der Waals surface area contributed by atoms with Gasteiger partial charge in [-0.3, -0.25) is 9.69 Å². The summed E-state index contributed by atoms with van der Waals surface area (Å²) < 4.78 is 18.8. The molecule has 1 aliphatic carbocycles. The molecule has 0 aromatic heterocycles. The van der Waals surface area contributed by atoms with Gasteiger partial charge in [-0.05, 0) is 50.9 Å². The topological polar surface area (TPSA) is 49.8 Å². The number of hydrogen-bond donors (Lipinski definition) is 1. The highest BCUT2D eigenvalue weighted by molar-refractivity contribution is 5.70. The third kappa shape index (κ3) is 4.06. The fourth-order valence-corrected chi connectivity index (χ4v) is 2.44. The zero-order valence-corrected chi connectivity index (χ0v) is 11.0. The van der Waals surface area contributed by atoms with Gasteiger partial charge in [-0.15, -0.1) is 0 Å². The van der Waals surface area contributed by atoms with Gasteiger partial charge in [-0.25, -0.2) is 4.39 Å². The molecule has 0 unspecified atom stereocenters. The molecule has 1 heterocycles. The molecule has 1 N–H and O–H groups in total. The summed E-state index contributed by atoms with van der Waals surface area (Å²) in [5.74, 6) is -0.823. The first-order chi connectivity index (χ1) is 9.16. The third-order valence-electron chi connectivity index (χ3n) is 3.66. The Morgan fingerprint density at radius 2 is 2.05 bits per heavy atom. The quantitative estimate of drug-likeness (QED) is 0.832. The van der Waals surface area contributed by atoms with Crippen molar-refractivity contribution in [2.24, 2.45) is 5.92 Å². The number of allylic oxidation sites excluding steroid dienone is 3. The van der Waals surface area contributed by atoms with Crippen molar-refractivity contribution in [2.45, 2.75) is 25.7 Å². The summed E-state index contributed by atoms with van der Waals surface area (Å²) in [6, 6.07) is 0. The molecule has 5 heteroatoms. The van der Waals surface area contributed by atoms with Gasteiger partial charge >= 0.3 is 5.97 Å². The van der Waals surface area contributed by atoms with Crippen LogP contribution in [0.15, 0.2) is 23.7 Å². The summed E-state index contributed by atoms with van der Waals surface area (Å²) in [7, 11) is 0. The van der Waals surface area contributed by atoms with Crippen molar-refractivity contribution in [3.8, 4) is 0 Å². The van der Waals surface area contributed by atoms with E-state index in [1.807, 2.05) is 0 Å². The molecule has 0 atom stereocenters. The summed E-state index contributed by atoms with van der Waals surface area (Å²) in [6.07, 6.45) is 6.27. The molecule has 0 radical (unpaired) electrons. The first kappa shape index (κ1) is 14.1. The zero-order chi connectivity index (χ0) is 13.7. The van der Waals surface area contributed by atoms with Gasteiger partial charge in [-0.2, -0.15) is 0 Å². The highest BCUT2D eigenvalue weighted by Crippen LogP contribution is 2.21. The molecule has 2 aliphatic rings. The standard InChI is InChI=1S/C14H20FNO3/c15-12-3-1-2-4-13(12)19-10-9-16-7-5-11(6-8-16)14(17)18/h3-4,11H,1-2,5-10H2,(H,17,18). The van der Waals surface area contributed by atoms with Gasteiger partial charge in [0.2, 0.25) is 0 Å². The van der Waals surface area contributed by atoms with Crippen molar-refractivity contribution in [2.75, 3.05) is 26.2 Å².